The fourth-order valence-corrected chi connectivity index (χ4v) is 3.70. The van der Waals surface area contributed by atoms with Crippen molar-refractivity contribution in [2.75, 3.05) is 5.32 Å². The molecular weight excluding hydrogens is 358 g/mol. The Morgan fingerprint density at radius 1 is 1.10 bits per heavy atom. The molecule has 0 fully saturated rings. The maximum Gasteiger partial charge on any atom is 0.267 e. The Balaban J connectivity index is 1.97. The summed E-state index contributed by atoms with van der Waals surface area (Å²) in [5.74, 6) is -0.192. The molecule has 3 aromatic rings. The highest BCUT2D eigenvalue weighted by Crippen LogP contribution is 2.35. The van der Waals surface area contributed by atoms with Gasteiger partial charge in [-0.1, -0.05) is 41.9 Å². The van der Waals surface area contributed by atoms with Gasteiger partial charge in [-0.2, -0.15) is 0 Å². The van der Waals surface area contributed by atoms with E-state index in [9.17, 15) is 4.79 Å². The number of carbonyl (C=O) groups excluding carboxylic acids is 1. The van der Waals surface area contributed by atoms with Gasteiger partial charge in [0.1, 0.15) is 4.88 Å². The molecule has 3 rings (SSSR count). The van der Waals surface area contributed by atoms with Crippen molar-refractivity contribution in [3.05, 3.63) is 62.9 Å². The lowest BCUT2D eigenvalue weighted by molar-refractivity contribution is 0.103. The minimum Gasteiger partial charge on any atom is -0.320 e. The highest BCUT2D eigenvalue weighted by Gasteiger charge is 2.17. The first-order valence-corrected chi connectivity index (χ1v) is 7.88. The van der Waals surface area contributed by atoms with E-state index >= 15 is 0 Å². The van der Waals surface area contributed by atoms with E-state index in [1.165, 1.54) is 11.3 Å². The topological polar surface area (TPSA) is 29.1 Å². The maximum atomic E-state index is 12.4. The second-order valence-electron chi connectivity index (χ2n) is 4.18. The van der Waals surface area contributed by atoms with Crippen molar-refractivity contribution in [3.63, 3.8) is 0 Å². The number of nitrogens with one attached hydrogen (secondary N) is 1. The van der Waals surface area contributed by atoms with Crippen LogP contribution in [0.3, 0.4) is 0 Å². The molecule has 0 aliphatic carbocycles. The number of hydrogen-bond acceptors (Lipinski definition) is 2. The number of amides is 1. The summed E-state index contributed by atoms with van der Waals surface area (Å²) < 4.78 is 1.85. The molecule has 0 aliphatic heterocycles. The second-order valence-corrected chi connectivity index (χ2v) is 6.46. The molecule has 0 spiro atoms. The van der Waals surface area contributed by atoms with Crippen LogP contribution in [0, 0.1) is 0 Å². The molecule has 0 bridgehead atoms. The zero-order valence-electron chi connectivity index (χ0n) is 10.2. The highest BCUT2D eigenvalue weighted by atomic mass is 79.9. The number of benzene rings is 2. The summed E-state index contributed by atoms with van der Waals surface area (Å²) in [6.07, 6.45) is 0. The number of thiophene rings is 1. The number of hydrogen-bond donors (Lipinski definition) is 1. The predicted octanol–water partition coefficient (Wildman–Crippen LogP) is 5.57. The van der Waals surface area contributed by atoms with E-state index in [0.717, 1.165) is 20.2 Å². The summed E-state index contributed by atoms with van der Waals surface area (Å²) in [6.45, 7) is 0. The Morgan fingerprint density at radius 3 is 2.55 bits per heavy atom. The fraction of sp³-hybridized carbons (Fsp3) is 0. The minimum atomic E-state index is -0.192. The van der Waals surface area contributed by atoms with Gasteiger partial charge in [-0.3, -0.25) is 4.79 Å². The molecule has 1 N–H and O–H groups in total. The molecule has 0 radical (unpaired) electrons. The van der Waals surface area contributed by atoms with Gasteiger partial charge in [0.05, 0.1) is 10.7 Å². The summed E-state index contributed by atoms with van der Waals surface area (Å²) >= 11 is 11.1. The quantitative estimate of drug-likeness (QED) is 0.631. The van der Waals surface area contributed by atoms with E-state index < -0.39 is 0 Å². The van der Waals surface area contributed by atoms with Crippen LogP contribution in [0.1, 0.15) is 9.67 Å². The molecule has 2 nitrogen and oxygen atoms in total. The van der Waals surface area contributed by atoms with E-state index in [1.54, 1.807) is 0 Å². The molecule has 0 unspecified atom stereocenters. The van der Waals surface area contributed by atoms with Crippen LogP contribution in [0.25, 0.3) is 10.1 Å². The first-order valence-electron chi connectivity index (χ1n) is 5.90. The van der Waals surface area contributed by atoms with Gasteiger partial charge in [-0.15, -0.1) is 11.3 Å². The number of halogens is 2. The Labute approximate surface area is 133 Å². The normalized spacial score (nSPS) is 10.7. The molecule has 2 aromatic carbocycles. The zero-order chi connectivity index (χ0) is 14.1. The molecule has 0 atom stereocenters. The van der Waals surface area contributed by atoms with Gasteiger partial charge in [0, 0.05) is 14.6 Å². The molecule has 1 amide bonds. The van der Waals surface area contributed by atoms with Gasteiger partial charge in [-0.25, -0.2) is 0 Å². The van der Waals surface area contributed by atoms with Crippen molar-refractivity contribution in [1.82, 2.24) is 0 Å². The van der Waals surface area contributed by atoms with Gasteiger partial charge >= 0.3 is 0 Å². The Bertz CT molecular complexity index is 799. The standard InChI is InChI=1S/C15H9BrClNOS/c16-10-6-2-3-7-11(10)18-15(19)14-13(17)9-5-1-4-8-12(9)20-14/h1-8H,(H,18,19). The summed E-state index contributed by atoms with van der Waals surface area (Å²) in [5, 5.41) is 4.29. The van der Waals surface area contributed by atoms with E-state index in [1.807, 2.05) is 48.5 Å². The van der Waals surface area contributed by atoms with Crippen molar-refractivity contribution in [3.8, 4) is 0 Å². The van der Waals surface area contributed by atoms with Crippen molar-refractivity contribution < 1.29 is 4.79 Å². The lowest BCUT2D eigenvalue weighted by Gasteiger charge is -2.05. The Hall–Kier alpha value is -1.36. The summed E-state index contributed by atoms with van der Waals surface area (Å²) in [7, 11) is 0. The minimum absolute atomic E-state index is 0.192. The molecule has 100 valence electrons. The van der Waals surface area contributed by atoms with E-state index in [4.69, 9.17) is 11.6 Å². The SMILES string of the molecule is O=C(Nc1ccccc1Br)c1sc2ccccc2c1Cl. The number of rotatable bonds is 2. The van der Waals surface area contributed by atoms with Gasteiger partial charge < -0.3 is 5.32 Å². The second kappa shape index (κ2) is 5.56. The molecule has 0 saturated heterocycles. The molecule has 0 saturated carbocycles. The Morgan fingerprint density at radius 2 is 1.80 bits per heavy atom. The first kappa shape index (κ1) is 13.6. The van der Waals surface area contributed by atoms with Gasteiger partial charge in [-0.05, 0) is 34.1 Å². The average Bonchev–Trinajstić information content (AvgIpc) is 2.79. The van der Waals surface area contributed by atoms with Crippen molar-refractivity contribution >= 4 is 60.5 Å². The van der Waals surface area contributed by atoms with E-state index in [0.29, 0.717) is 9.90 Å². The van der Waals surface area contributed by atoms with Crippen LogP contribution in [-0.2, 0) is 0 Å². The van der Waals surface area contributed by atoms with Gasteiger partial charge in [0.15, 0.2) is 0 Å². The number of anilines is 1. The maximum absolute atomic E-state index is 12.4. The molecule has 0 aliphatic rings. The van der Waals surface area contributed by atoms with Crippen molar-refractivity contribution in [1.29, 1.82) is 0 Å². The van der Waals surface area contributed by atoms with Gasteiger partial charge in [0.25, 0.3) is 5.91 Å². The van der Waals surface area contributed by atoms with Crippen molar-refractivity contribution in [2.24, 2.45) is 0 Å². The van der Waals surface area contributed by atoms with Crippen LogP contribution in [0.15, 0.2) is 53.0 Å². The Kier molecular flexibility index (Phi) is 3.78. The lowest BCUT2D eigenvalue weighted by Crippen LogP contribution is -2.10. The largest absolute Gasteiger partial charge is 0.320 e. The predicted molar refractivity (Wildman–Crippen MR) is 88.9 cm³/mol. The van der Waals surface area contributed by atoms with Crippen LogP contribution in [0.2, 0.25) is 5.02 Å². The highest BCUT2D eigenvalue weighted by molar-refractivity contribution is 9.10. The molecule has 1 heterocycles. The summed E-state index contributed by atoms with van der Waals surface area (Å²) in [6, 6.07) is 15.2. The fourth-order valence-electron chi connectivity index (χ4n) is 1.90. The van der Waals surface area contributed by atoms with Crippen LogP contribution >= 0.6 is 38.9 Å². The summed E-state index contributed by atoms with van der Waals surface area (Å²) in [5.41, 5.74) is 0.728. The third kappa shape index (κ3) is 2.46. The van der Waals surface area contributed by atoms with Crippen LogP contribution in [0.5, 0.6) is 0 Å². The molecule has 5 heteroatoms. The monoisotopic (exact) mass is 365 g/mol. The first-order chi connectivity index (χ1) is 9.66. The third-order valence-electron chi connectivity index (χ3n) is 2.86. The average molecular weight is 367 g/mol. The molecular formula is C15H9BrClNOS. The molecule has 1 aromatic heterocycles. The number of para-hydroxylation sites is 1. The van der Waals surface area contributed by atoms with Crippen LogP contribution in [0.4, 0.5) is 5.69 Å². The number of carbonyl (C=O) groups is 1. The van der Waals surface area contributed by atoms with E-state index in [-0.39, 0.29) is 5.91 Å². The zero-order valence-corrected chi connectivity index (χ0v) is 13.3. The van der Waals surface area contributed by atoms with Crippen LogP contribution in [-0.4, -0.2) is 5.91 Å². The lowest BCUT2D eigenvalue weighted by atomic mass is 10.2. The summed E-state index contributed by atoms with van der Waals surface area (Å²) in [4.78, 5) is 12.9. The smallest absolute Gasteiger partial charge is 0.267 e. The van der Waals surface area contributed by atoms with E-state index in [2.05, 4.69) is 21.2 Å². The molecule has 20 heavy (non-hydrogen) atoms. The van der Waals surface area contributed by atoms with Gasteiger partial charge in [0.2, 0.25) is 0 Å². The third-order valence-corrected chi connectivity index (χ3v) is 5.23. The number of fused-ring (bicyclic) bond motifs is 1. The van der Waals surface area contributed by atoms with Crippen molar-refractivity contribution in [2.45, 2.75) is 0 Å². The van der Waals surface area contributed by atoms with Crippen LogP contribution < -0.4 is 5.32 Å².